The van der Waals surface area contributed by atoms with Crippen LogP contribution < -0.4 is 15.5 Å². The summed E-state index contributed by atoms with van der Waals surface area (Å²) in [6.07, 6.45) is -1.15. The second-order valence-electron chi connectivity index (χ2n) is 6.77. The molecule has 7 heteroatoms. The summed E-state index contributed by atoms with van der Waals surface area (Å²) < 4.78 is 13.4. The van der Waals surface area contributed by atoms with Gasteiger partial charge in [-0.1, -0.05) is 54.6 Å². The van der Waals surface area contributed by atoms with Crippen LogP contribution >= 0.6 is 0 Å². The van der Waals surface area contributed by atoms with E-state index < -0.39 is 18.0 Å². The number of benzene rings is 3. The van der Waals surface area contributed by atoms with E-state index in [2.05, 4.69) is 15.6 Å². The Morgan fingerprint density at radius 2 is 1.73 bits per heavy atom. The Kier molecular flexibility index (Phi) is 5.26. The summed E-state index contributed by atoms with van der Waals surface area (Å²) in [5, 5.41) is 5.12. The topological polar surface area (TPSA) is 73.8 Å². The Hall–Kier alpha value is -4.00. The van der Waals surface area contributed by atoms with Crippen LogP contribution in [-0.4, -0.2) is 30.9 Å². The summed E-state index contributed by atoms with van der Waals surface area (Å²) in [6, 6.07) is 21.7. The average molecular weight is 402 g/mol. The van der Waals surface area contributed by atoms with E-state index >= 15 is 0 Å². The molecule has 0 saturated carbocycles. The molecule has 3 amide bonds. The zero-order valence-corrected chi connectivity index (χ0v) is 16.2. The van der Waals surface area contributed by atoms with Crippen LogP contribution in [0.4, 0.5) is 20.6 Å². The van der Waals surface area contributed by atoms with Crippen molar-refractivity contribution in [1.82, 2.24) is 5.32 Å². The lowest BCUT2D eigenvalue weighted by molar-refractivity contribution is -0.119. The standard InChI is InChI=1S/C23H19FN4O2/c1-28-19-13-6-5-12-18(19)20(15-8-3-2-4-9-15)26-21(22(28)29)27-23(30)25-17-11-7-10-16(24)14-17/h2-14,21H,1H3,(H2,25,27,30)/t21-/m0/s1. The number of likely N-dealkylation sites (N-methyl/N-ethyl adjacent to an activating group) is 1. The quantitative estimate of drug-likeness (QED) is 0.700. The van der Waals surface area contributed by atoms with Crippen molar-refractivity contribution >= 4 is 29.0 Å². The van der Waals surface area contributed by atoms with E-state index in [0.717, 1.165) is 11.1 Å². The number of anilines is 2. The molecule has 3 aromatic rings. The first kappa shape index (κ1) is 19.3. The van der Waals surface area contributed by atoms with Crippen molar-refractivity contribution in [2.24, 2.45) is 4.99 Å². The zero-order valence-electron chi connectivity index (χ0n) is 16.2. The van der Waals surface area contributed by atoms with Gasteiger partial charge in [-0.3, -0.25) is 4.79 Å². The smallest absolute Gasteiger partial charge is 0.311 e. The molecule has 0 saturated heterocycles. The highest BCUT2D eigenvalue weighted by atomic mass is 19.1. The number of fused-ring (bicyclic) bond motifs is 1. The van der Waals surface area contributed by atoms with E-state index in [9.17, 15) is 14.0 Å². The average Bonchev–Trinajstić information content (AvgIpc) is 2.85. The van der Waals surface area contributed by atoms with Gasteiger partial charge in [-0.05, 0) is 24.3 Å². The Morgan fingerprint density at radius 1 is 1.00 bits per heavy atom. The lowest BCUT2D eigenvalue weighted by atomic mass is 10.0. The maximum absolute atomic E-state index is 13.4. The molecule has 0 aliphatic carbocycles. The fraction of sp³-hybridized carbons (Fsp3) is 0.0870. The van der Waals surface area contributed by atoms with Gasteiger partial charge in [0.1, 0.15) is 5.82 Å². The number of carbonyl (C=O) groups is 2. The van der Waals surface area contributed by atoms with E-state index in [1.54, 1.807) is 13.1 Å². The molecule has 0 unspecified atom stereocenters. The van der Waals surface area contributed by atoms with Gasteiger partial charge in [0.2, 0.25) is 6.17 Å². The highest BCUT2D eigenvalue weighted by molar-refractivity contribution is 6.20. The van der Waals surface area contributed by atoms with Gasteiger partial charge in [0, 0.05) is 23.9 Å². The van der Waals surface area contributed by atoms with Crippen LogP contribution in [0.5, 0.6) is 0 Å². The zero-order chi connectivity index (χ0) is 21.1. The molecule has 0 bridgehead atoms. The molecular formula is C23H19FN4O2. The number of amides is 3. The molecule has 1 atom stereocenters. The molecule has 30 heavy (non-hydrogen) atoms. The van der Waals surface area contributed by atoms with Crippen molar-refractivity contribution in [3.05, 3.63) is 95.8 Å². The van der Waals surface area contributed by atoms with Crippen LogP contribution in [0.2, 0.25) is 0 Å². The summed E-state index contributed by atoms with van der Waals surface area (Å²) in [6.45, 7) is 0. The van der Waals surface area contributed by atoms with Crippen LogP contribution in [-0.2, 0) is 4.79 Å². The normalized spacial score (nSPS) is 15.7. The monoisotopic (exact) mass is 402 g/mol. The second kappa shape index (κ2) is 8.16. The first-order valence-corrected chi connectivity index (χ1v) is 9.36. The number of hydrogen-bond acceptors (Lipinski definition) is 3. The molecular weight excluding hydrogens is 383 g/mol. The van der Waals surface area contributed by atoms with Gasteiger partial charge in [0.05, 0.1) is 11.4 Å². The van der Waals surface area contributed by atoms with E-state index in [1.807, 2.05) is 54.6 Å². The van der Waals surface area contributed by atoms with Crippen LogP contribution in [0, 0.1) is 5.82 Å². The maximum atomic E-state index is 13.4. The molecule has 2 N–H and O–H groups in total. The van der Waals surface area contributed by atoms with Crippen molar-refractivity contribution in [1.29, 1.82) is 0 Å². The fourth-order valence-corrected chi connectivity index (χ4v) is 3.30. The molecule has 0 spiro atoms. The van der Waals surface area contributed by atoms with Gasteiger partial charge < -0.3 is 15.5 Å². The van der Waals surface area contributed by atoms with Gasteiger partial charge in [-0.15, -0.1) is 0 Å². The number of rotatable bonds is 3. The maximum Gasteiger partial charge on any atom is 0.321 e. The summed E-state index contributed by atoms with van der Waals surface area (Å²) in [5.74, 6) is -0.860. The fourth-order valence-electron chi connectivity index (χ4n) is 3.30. The number of hydrogen-bond donors (Lipinski definition) is 2. The molecule has 150 valence electrons. The number of aliphatic imine (C=N–C) groups is 1. The molecule has 3 aromatic carbocycles. The van der Waals surface area contributed by atoms with Gasteiger partial charge in [-0.2, -0.15) is 0 Å². The van der Waals surface area contributed by atoms with Crippen molar-refractivity contribution in [2.75, 3.05) is 17.3 Å². The van der Waals surface area contributed by atoms with Crippen LogP contribution in [0.3, 0.4) is 0 Å². The first-order valence-electron chi connectivity index (χ1n) is 9.36. The summed E-state index contributed by atoms with van der Waals surface area (Å²) in [4.78, 5) is 31.6. The minimum Gasteiger partial charge on any atom is -0.311 e. The summed E-state index contributed by atoms with van der Waals surface area (Å²) in [7, 11) is 1.64. The lowest BCUT2D eigenvalue weighted by Crippen LogP contribution is -2.47. The largest absolute Gasteiger partial charge is 0.321 e. The third-order valence-corrected chi connectivity index (χ3v) is 4.74. The molecule has 0 radical (unpaired) electrons. The molecule has 4 rings (SSSR count). The molecule has 6 nitrogen and oxygen atoms in total. The third kappa shape index (κ3) is 3.91. The molecule has 1 aliphatic rings. The Balaban J connectivity index is 1.69. The van der Waals surface area contributed by atoms with E-state index in [1.165, 1.54) is 23.1 Å². The van der Waals surface area contributed by atoms with E-state index in [-0.39, 0.29) is 11.6 Å². The van der Waals surface area contributed by atoms with Crippen LogP contribution in [0.15, 0.2) is 83.9 Å². The number of nitrogens with zero attached hydrogens (tertiary/aromatic N) is 2. The first-order chi connectivity index (χ1) is 14.5. The summed E-state index contributed by atoms with van der Waals surface area (Å²) in [5.41, 5.74) is 3.18. The Labute approximate surface area is 173 Å². The minimum atomic E-state index is -1.15. The third-order valence-electron chi connectivity index (χ3n) is 4.74. The Morgan fingerprint density at radius 3 is 2.50 bits per heavy atom. The molecule has 1 aliphatic heterocycles. The van der Waals surface area contributed by atoms with Gasteiger partial charge in [0.15, 0.2) is 0 Å². The minimum absolute atomic E-state index is 0.275. The number of halogens is 1. The number of para-hydroxylation sites is 1. The van der Waals surface area contributed by atoms with Crippen LogP contribution in [0.1, 0.15) is 11.1 Å². The second-order valence-corrected chi connectivity index (χ2v) is 6.77. The van der Waals surface area contributed by atoms with Gasteiger partial charge in [0.25, 0.3) is 5.91 Å². The SMILES string of the molecule is CN1C(=O)[C@H](NC(=O)Nc2cccc(F)c2)N=C(c2ccccc2)c2ccccc21. The van der Waals surface area contributed by atoms with E-state index in [0.29, 0.717) is 11.4 Å². The highest BCUT2D eigenvalue weighted by Crippen LogP contribution is 2.27. The Bertz CT molecular complexity index is 1130. The summed E-state index contributed by atoms with van der Waals surface area (Å²) >= 11 is 0. The van der Waals surface area contributed by atoms with Crippen LogP contribution in [0.25, 0.3) is 0 Å². The van der Waals surface area contributed by atoms with E-state index in [4.69, 9.17) is 0 Å². The number of carbonyl (C=O) groups excluding carboxylic acids is 2. The molecule has 1 heterocycles. The predicted molar refractivity (Wildman–Crippen MR) is 114 cm³/mol. The highest BCUT2D eigenvalue weighted by Gasteiger charge is 2.30. The van der Waals surface area contributed by atoms with Gasteiger partial charge >= 0.3 is 6.03 Å². The molecule has 0 fully saturated rings. The lowest BCUT2D eigenvalue weighted by Gasteiger charge is -2.21. The van der Waals surface area contributed by atoms with Crippen molar-refractivity contribution in [3.8, 4) is 0 Å². The van der Waals surface area contributed by atoms with Crippen molar-refractivity contribution < 1.29 is 14.0 Å². The van der Waals surface area contributed by atoms with Crippen molar-refractivity contribution in [2.45, 2.75) is 6.17 Å². The van der Waals surface area contributed by atoms with Gasteiger partial charge in [-0.25, -0.2) is 14.2 Å². The molecule has 0 aromatic heterocycles. The number of nitrogens with one attached hydrogen (secondary N) is 2. The number of urea groups is 1. The number of benzodiazepines with no additional fused rings is 1. The van der Waals surface area contributed by atoms with Crippen molar-refractivity contribution in [3.63, 3.8) is 0 Å². The predicted octanol–water partition coefficient (Wildman–Crippen LogP) is 3.79.